The maximum atomic E-state index is 11.3. The van der Waals surface area contributed by atoms with E-state index in [1.165, 1.54) is 5.56 Å². The van der Waals surface area contributed by atoms with Gasteiger partial charge in [0.25, 0.3) is 5.91 Å². The zero-order valence-corrected chi connectivity index (χ0v) is 11.0. The van der Waals surface area contributed by atoms with Gasteiger partial charge in [0.1, 0.15) is 11.3 Å². The average Bonchev–Trinajstić information content (AvgIpc) is 2.39. The van der Waals surface area contributed by atoms with Gasteiger partial charge in [-0.3, -0.25) is 4.79 Å². The molecule has 0 aliphatic rings. The van der Waals surface area contributed by atoms with Gasteiger partial charge in [-0.25, -0.2) is 4.98 Å². The Labute approximate surface area is 112 Å². The Kier molecular flexibility index (Phi) is 3.80. The molecule has 0 saturated heterocycles. The van der Waals surface area contributed by atoms with Crippen LogP contribution >= 0.6 is 0 Å². The molecule has 1 amide bonds. The smallest absolute Gasteiger partial charge is 0.254 e. The highest BCUT2D eigenvalue weighted by Crippen LogP contribution is 2.24. The van der Waals surface area contributed by atoms with Crippen molar-refractivity contribution in [1.82, 2.24) is 4.98 Å². The minimum absolute atomic E-state index is 0.229. The van der Waals surface area contributed by atoms with Gasteiger partial charge in [0.2, 0.25) is 5.88 Å². The fourth-order valence-corrected chi connectivity index (χ4v) is 1.69. The first-order chi connectivity index (χ1) is 9.08. The van der Waals surface area contributed by atoms with E-state index in [1.54, 1.807) is 18.3 Å². The Morgan fingerprint density at radius 3 is 2.47 bits per heavy atom. The van der Waals surface area contributed by atoms with E-state index in [-0.39, 0.29) is 11.4 Å². The number of ether oxygens (including phenoxy) is 1. The van der Waals surface area contributed by atoms with Crippen LogP contribution in [0, 0.1) is 0 Å². The maximum Gasteiger partial charge on any atom is 0.254 e. The minimum Gasteiger partial charge on any atom is -0.438 e. The van der Waals surface area contributed by atoms with Crippen molar-refractivity contribution in [3.8, 4) is 11.6 Å². The standard InChI is InChI=1S/C15H16N2O2/c1-10(2)11-5-7-12(8-6-11)19-15-13(14(16)18)4-3-9-17-15/h3-10H,1-2H3,(H2,16,18). The van der Waals surface area contributed by atoms with Crippen molar-refractivity contribution in [2.45, 2.75) is 19.8 Å². The van der Waals surface area contributed by atoms with E-state index in [9.17, 15) is 4.79 Å². The Morgan fingerprint density at radius 2 is 1.89 bits per heavy atom. The number of primary amides is 1. The first kappa shape index (κ1) is 13.1. The number of nitrogens with zero attached hydrogens (tertiary/aromatic N) is 1. The van der Waals surface area contributed by atoms with Crippen molar-refractivity contribution < 1.29 is 9.53 Å². The fraction of sp³-hybridized carbons (Fsp3) is 0.200. The van der Waals surface area contributed by atoms with Crippen LogP contribution in [0.4, 0.5) is 0 Å². The van der Waals surface area contributed by atoms with Crippen LogP contribution in [0.15, 0.2) is 42.6 Å². The van der Waals surface area contributed by atoms with E-state index >= 15 is 0 Å². The van der Waals surface area contributed by atoms with Crippen LogP contribution in [-0.4, -0.2) is 10.9 Å². The van der Waals surface area contributed by atoms with Crippen molar-refractivity contribution in [3.63, 3.8) is 0 Å². The number of hydrogen-bond donors (Lipinski definition) is 1. The van der Waals surface area contributed by atoms with Gasteiger partial charge in [0.05, 0.1) is 0 Å². The second kappa shape index (κ2) is 5.52. The third kappa shape index (κ3) is 3.10. The van der Waals surface area contributed by atoms with Gasteiger partial charge in [0, 0.05) is 6.20 Å². The molecule has 1 aromatic heterocycles. The molecule has 4 nitrogen and oxygen atoms in total. The van der Waals surface area contributed by atoms with E-state index in [1.807, 2.05) is 24.3 Å². The number of aromatic nitrogens is 1. The Morgan fingerprint density at radius 1 is 1.21 bits per heavy atom. The SMILES string of the molecule is CC(C)c1ccc(Oc2ncccc2C(N)=O)cc1. The van der Waals surface area contributed by atoms with Gasteiger partial charge >= 0.3 is 0 Å². The van der Waals surface area contributed by atoms with Crippen LogP contribution < -0.4 is 10.5 Å². The van der Waals surface area contributed by atoms with E-state index in [4.69, 9.17) is 10.5 Å². The van der Waals surface area contributed by atoms with Crippen molar-refractivity contribution in [3.05, 3.63) is 53.7 Å². The summed E-state index contributed by atoms with van der Waals surface area (Å²) in [5.41, 5.74) is 6.77. The molecule has 19 heavy (non-hydrogen) atoms. The summed E-state index contributed by atoms with van der Waals surface area (Å²) >= 11 is 0. The van der Waals surface area contributed by atoms with Crippen molar-refractivity contribution in [1.29, 1.82) is 0 Å². The van der Waals surface area contributed by atoms with E-state index < -0.39 is 5.91 Å². The summed E-state index contributed by atoms with van der Waals surface area (Å²) in [5.74, 6) is 0.768. The lowest BCUT2D eigenvalue weighted by molar-refractivity contribution is 0.0997. The molecule has 0 aliphatic heterocycles. The van der Waals surface area contributed by atoms with Crippen LogP contribution in [0.5, 0.6) is 11.6 Å². The quantitative estimate of drug-likeness (QED) is 0.914. The summed E-state index contributed by atoms with van der Waals surface area (Å²) in [4.78, 5) is 15.3. The number of amides is 1. The molecule has 0 fully saturated rings. The number of rotatable bonds is 4. The van der Waals surface area contributed by atoms with Gasteiger partial charge in [-0.2, -0.15) is 0 Å². The molecule has 2 N–H and O–H groups in total. The topological polar surface area (TPSA) is 65.2 Å². The first-order valence-electron chi connectivity index (χ1n) is 6.10. The summed E-state index contributed by atoms with van der Waals surface area (Å²) in [6, 6.07) is 10.9. The van der Waals surface area contributed by atoms with Gasteiger partial charge in [-0.05, 0) is 35.7 Å². The van der Waals surface area contributed by atoms with Crippen LogP contribution in [0.2, 0.25) is 0 Å². The molecular weight excluding hydrogens is 240 g/mol. The monoisotopic (exact) mass is 256 g/mol. The number of benzene rings is 1. The third-order valence-corrected chi connectivity index (χ3v) is 2.80. The predicted octanol–water partition coefficient (Wildman–Crippen LogP) is 3.10. The Hall–Kier alpha value is -2.36. The normalized spacial score (nSPS) is 10.5. The van der Waals surface area contributed by atoms with Gasteiger partial charge < -0.3 is 10.5 Å². The molecule has 4 heteroatoms. The highest BCUT2D eigenvalue weighted by Gasteiger charge is 2.11. The largest absolute Gasteiger partial charge is 0.438 e. The molecule has 0 atom stereocenters. The second-order valence-electron chi connectivity index (χ2n) is 4.55. The zero-order chi connectivity index (χ0) is 13.8. The molecule has 0 spiro atoms. The summed E-state index contributed by atoms with van der Waals surface area (Å²) in [5, 5.41) is 0. The Balaban J connectivity index is 2.24. The summed E-state index contributed by atoms with van der Waals surface area (Å²) in [6.07, 6.45) is 1.56. The molecular formula is C15H16N2O2. The lowest BCUT2D eigenvalue weighted by Gasteiger charge is -2.09. The molecule has 1 heterocycles. The maximum absolute atomic E-state index is 11.3. The van der Waals surface area contributed by atoms with E-state index in [2.05, 4.69) is 18.8 Å². The zero-order valence-electron chi connectivity index (χ0n) is 11.0. The average molecular weight is 256 g/mol. The van der Waals surface area contributed by atoms with Crippen LogP contribution in [0.1, 0.15) is 35.7 Å². The molecule has 1 aromatic carbocycles. The van der Waals surface area contributed by atoms with Gasteiger partial charge in [-0.15, -0.1) is 0 Å². The molecule has 0 unspecified atom stereocenters. The Bertz CT molecular complexity index is 577. The summed E-state index contributed by atoms with van der Waals surface area (Å²) in [7, 11) is 0. The summed E-state index contributed by atoms with van der Waals surface area (Å²) < 4.78 is 5.59. The molecule has 98 valence electrons. The second-order valence-corrected chi connectivity index (χ2v) is 4.55. The molecule has 0 saturated carbocycles. The van der Waals surface area contributed by atoms with Crippen LogP contribution in [-0.2, 0) is 0 Å². The first-order valence-corrected chi connectivity index (χ1v) is 6.10. The molecule has 0 radical (unpaired) electrons. The van der Waals surface area contributed by atoms with Gasteiger partial charge in [-0.1, -0.05) is 26.0 Å². The predicted molar refractivity (Wildman–Crippen MR) is 73.4 cm³/mol. The van der Waals surface area contributed by atoms with Crippen LogP contribution in [0.25, 0.3) is 0 Å². The molecule has 0 aliphatic carbocycles. The number of nitrogens with two attached hydrogens (primary N) is 1. The summed E-state index contributed by atoms with van der Waals surface area (Å²) in [6.45, 7) is 4.25. The fourth-order valence-electron chi connectivity index (χ4n) is 1.69. The van der Waals surface area contributed by atoms with Crippen molar-refractivity contribution >= 4 is 5.91 Å². The third-order valence-electron chi connectivity index (χ3n) is 2.80. The lowest BCUT2D eigenvalue weighted by Crippen LogP contribution is -2.12. The highest BCUT2D eigenvalue weighted by molar-refractivity contribution is 5.95. The molecule has 2 aromatic rings. The molecule has 0 bridgehead atoms. The van der Waals surface area contributed by atoms with E-state index in [0.29, 0.717) is 11.7 Å². The van der Waals surface area contributed by atoms with E-state index in [0.717, 1.165) is 0 Å². The number of pyridine rings is 1. The lowest BCUT2D eigenvalue weighted by atomic mass is 10.0. The number of carbonyl (C=O) groups excluding carboxylic acids is 1. The minimum atomic E-state index is -0.554. The highest BCUT2D eigenvalue weighted by atomic mass is 16.5. The van der Waals surface area contributed by atoms with Crippen molar-refractivity contribution in [2.75, 3.05) is 0 Å². The molecule has 2 rings (SSSR count). The van der Waals surface area contributed by atoms with Crippen molar-refractivity contribution in [2.24, 2.45) is 5.73 Å². The van der Waals surface area contributed by atoms with Crippen LogP contribution in [0.3, 0.4) is 0 Å². The number of carbonyl (C=O) groups is 1. The number of hydrogen-bond acceptors (Lipinski definition) is 3. The van der Waals surface area contributed by atoms with Gasteiger partial charge in [0.15, 0.2) is 0 Å².